The van der Waals surface area contributed by atoms with Gasteiger partial charge in [0.05, 0.1) is 48.3 Å². The van der Waals surface area contributed by atoms with Crippen LogP contribution in [0.4, 0.5) is 11.4 Å². The maximum absolute atomic E-state index is 12.4. The van der Waals surface area contributed by atoms with Gasteiger partial charge in [-0.15, -0.1) is 0 Å². The summed E-state index contributed by atoms with van der Waals surface area (Å²) in [5.41, 5.74) is 3.80. The number of nitrogens with one attached hydrogen (secondary N) is 1. The molecule has 3 heterocycles. The van der Waals surface area contributed by atoms with E-state index in [1.165, 1.54) is 0 Å². The average Bonchev–Trinajstić information content (AvgIpc) is 3.27. The highest BCUT2D eigenvalue weighted by Gasteiger charge is 2.32. The molecule has 174 valence electrons. The van der Waals surface area contributed by atoms with Crippen molar-refractivity contribution in [3.63, 3.8) is 0 Å². The summed E-state index contributed by atoms with van der Waals surface area (Å²) >= 11 is 0. The number of aromatic nitrogens is 2. The van der Waals surface area contributed by atoms with Crippen molar-refractivity contribution in [2.75, 3.05) is 61.6 Å². The van der Waals surface area contributed by atoms with Gasteiger partial charge in [0.25, 0.3) is 0 Å². The molecule has 2 fully saturated rings. The highest BCUT2D eigenvalue weighted by atomic mass is 32.2. The Morgan fingerprint density at radius 3 is 2.44 bits per heavy atom. The van der Waals surface area contributed by atoms with Gasteiger partial charge in [-0.05, 0) is 44.5 Å². The molecule has 1 N–H and O–H groups in total. The van der Waals surface area contributed by atoms with Gasteiger partial charge in [-0.3, -0.25) is 14.4 Å². The predicted molar refractivity (Wildman–Crippen MR) is 124 cm³/mol. The highest BCUT2D eigenvalue weighted by Crippen LogP contribution is 2.31. The van der Waals surface area contributed by atoms with Crippen molar-refractivity contribution in [1.29, 1.82) is 0 Å². The Morgan fingerprint density at radius 2 is 1.84 bits per heavy atom. The number of aryl methyl sites for hydroxylation is 1. The van der Waals surface area contributed by atoms with E-state index < -0.39 is 9.84 Å². The summed E-state index contributed by atoms with van der Waals surface area (Å²) in [7, 11) is -1.35. The number of benzene rings is 1. The van der Waals surface area contributed by atoms with E-state index in [2.05, 4.69) is 20.2 Å². The molecule has 10 heteroatoms. The second-order valence-corrected chi connectivity index (χ2v) is 10.8. The number of carbonyl (C=O) groups is 1. The van der Waals surface area contributed by atoms with E-state index in [0.29, 0.717) is 13.0 Å². The predicted octanol–water partition coefficient (Wildman–Crippen LogP) is 1.63. The molecule has 1 amide bonds. The topological polar surface area (TPSA) is 96.8 Å². The zero-order valence-electron chi connectivity index (χ0n) is 18.9. The fraction of sp³-hybridized carbons (Fsp3) is 0.545. The first-order chi connectivity index (χ1) is 15.3. The third-order valence-electron chi connectivity index (χ3n) is 6.27. The van der Waals surface area contributed by atoms with E-state index in [1.54, 1.807) is 7.11 Å². The maximum Gasteiger partial charge on any atom is 0.238 e. The lowest BCUT2D eigenvalue weighted by atomic mass is 10.2. The molecule has 2 aliphatic rings. The second kappa shape index (κ2) is 9.11. The summed E-state index contributed by atoms with van der Waals surface area (Å²) in [4.78, 5) is 16.9. The van der Waals surface area contributed by atoms with Gasteiger partial charge in [0.15, 0.2) is 9.84 Å². The Labute approximate surface area is 189 Å². The smallest absolute Gasteiger partial charge is 0.238 e. The minimum absolute atomic E-state index is 0.0359. The first kappa shape index (κ1) is 22.6. The zero-order valence-corrected chi connectivity index (χ0v) is 19.7. The first-order valence-corrected chi connectivity index (χ1v) is 12.8. The van der Waals surface area contributed by atoms with Gasteiger partial charge < -0.3 is 15.0 Å². The number of amides is 1. The molecule has 4 rings (SSSR count). The fourth-order valence-electron chi connectivity index (χ4n) is 4.64. The van der Waals surface area contributed by atoms with Gasteiger partial charge in [-0.2, -0.15) is 5.10 Å². The number of hydrogen-bond donors (Lipinski definition) is 1. The van der Waals surface area contributed by atoms with Crippen LogP contribution in [0, 0.1) is 13.8 Å². The normalized spacial score (nSPS) is 21.0. The number of ether oxygens (including phenoxy) is 1. The summed E-state index contributed by atoms with van der Waals surface area (Å²) < 4.78 is 30.8. The minimum atomic E-state index is -2.96. The molecule has 2 aliphatic heterocycles. The molecule has 9 nitrogen and oxygen atoms in total. The van der Waals surface area contributed by atoms with Gasteiger partial charge in [0.2, 0.25) is 5.91 Å². The molecule has 0 spiro atoms. The third-order valence-corrected chi connectivity index (χ3v) is 8.02. The monoisotopic (exact) mass is 461 g/mol. The quantitative estimate of drug-likeness (QED) is 0.698. The second-order valence-electron chi connectivity index (χ2n) is 8.56. The van der Waals surface area contributed by atoms with Gasteiger partial charge in [-0.25, -0.2) is 8.42 Å². The average molecular weight is 462 g/mol. The van der Waals surface area contributed by atoms with Gasteiger partial charge in [0.1, 0.15) is 5.75 Å². The number of hydrogen-bond acceptors (Lipinski definition) is 7. The number of piperazine rings is 1. The van der Waals surface area contributed by atoms with Crippen LogP contribution < -0.4 is 15.0 Å². The highest BCUT2D eigenvalue weighted by molar-refractivity contribution is 7.91. The van der Waals surface area contributed by atoms with Crippen LogP contribution >= 0.6 is 0 Å². The standard InChI is InChI=1S/C22H31N5O4S/c1-16-22(17(2)27(24-16)19-8-13-32(29,30)15-19)26-11-9-25(10-12-26)14-21(28)23-18-4-6-20(31-3)7-5-18/h4-7,19H,8-15H2,1-3H3,(H,23,28). The Hall–Kier alpha value is -2.59. The Bertz CT molecular complexity index is 1070. The van der Waals surface area contributed by atoms with Crippen molar-refractivity contribution in [3.05, 3.63) is 35.7 Å². The van der Waals surface area contributed by atoms with E-state index in [4.69, 9.17) is 4.74 Å². The Kier molecular flexibility index (Phi) is 6.43. The van der Waals surface area contributed by atoms with Crippen LogP contribution in [-0.2, 0) is 14.6 Å². The third kappa shape index (κ3) is 4.91. The van der Waals surface area contributed by atoms with Crippen molar-refractivity contribution in [1.82, 2.24) is 14.7 Å². The molecule has 1 unspecified atom stereocenters. The van der Waals surface area contributed by atoms with Crippen LogP contribution in [0.3, 0.4) is 0 Å². The molecule has 0 bridgehead atoms. The van der Waals surface area contributed by atoms with Crippen LogP contribution in [0.1, 0.15) is 23.9 Å². The van der Waals surface area contributed by atoms with Crippen LogP contribution in [-0.4, -0.2) is 80.3 Å². The molecular formula is C22H31N5O4S. The lowest BCUT2D eigenvalue weighted by molar-refractivity contribution is -0.117. The molecule has 32 heavy (non-hydrogen) atoms. The van der Waals surface area contributed by atoms with Crippen molar-refractivity contribution in [2.24, 2.45) is 0 Å². The molecule has 0 saturated carbocycles. The van der Waals surface area contributed by atoms with E-state index in [-0.39, 0.29) is 23.5 Å². The molecule has 1 aromatic heterocycles. The van der Waals surface area contributed by atoms with E-state index in [9.17, 15) is 13.2 Å². The van der Waals surface area contributed by atoms with Crippen LogP contribution in [0.2, 0.25) is 0 Å². The summed E-state index contributed by atoms with van der Waals surface area (Å²) in [5.74, 6) is 1.13. The van der Waals surface area contributed by atoms with Crippen molar-refractivity contribution in [3.8, 4) is 5.75 Å². The lowest BCUT2D eigenvalue weighted by Crippen LogP contribution is -2.49. The molecule has 2 aromatic rings. The Balaban J connectivity index is 1.33. The number of nitrogens with zero attached hydrogens (tertiary/aromatic N) is 4. The summed E-state index contributed by atoms with van der Waals surface area (Å²) in [6.45, 7) is 7.50. The molecule has 1 atom stereocenters. The number of sulfone groups is 1. The van der Waals surface area contributed by atoms with Crippen molar-refractivity contribution < 1.29 is 17.9 Å². The number of anilines is 2. The first-order valence-electron chi connectivity index (χ1n) is 10.9. The van der Waals surface area contributed by atoms with Crippen LogP contribution in [0.5, 0.6) is 5.75 Å². The van der Waals surface area contributed by atoms with Gasteiger partial charge in [0, 0.05) is 31.9 Å². The largest absolute Gasteiger partial charge is 0.497 e. The number of methoxy groups -OCH3 is 1. The van der Waals surface area contributed by atoms with E-state index >= 15 is 0 Å². The van der Waals surface area contributed by atoms with Gasteiger partial charge >= 0.3 is 0 Å². The van der Waals surface area contributed by atoms with Crippen LogP contribution in [0.25, 0.3) is 0 Å². The number of carbonyl (C=O) groups excluding carboxylic acids is 1. The molecule has 2 saturated heterocycles. The van der Waals surface area contributed by atoms with Gasteiger partial charge in [-0.1, -0.05) is 0 Å². The van der Waals surface area contributed by atoms with Crippen molar-refractivity contribution in [2.45, 2.75) is 26.3 Å². The SMILES string of the molecule is COc1ccc(NC(=O)CN2CCN(c3c(C)nn(C4CCS(=O)(=O)C4)c3C)CC2)cc1. The Morgan fingerprint density at radius 1 is 1.16 bits per heavy atom. The molecule has 1 aromatic carbocycles. The number of rotatable bonds is 6. The summed E-state index contributed by atoms with van der Waals surface area (Å²) in [6, 6.07) is 7.22. The molecule has 0 radical (unpaired) electrons. The van der Waals surface area contributed by atoms with E-state index in [1.807, 2.05) is 42.8 Å². The maximum atomic E-state index is 12.4. The van der Waals surface area contributed by atoms with Crippen molar-refractivity contribution >= 4 is 27.1 Å². The lowest BCUT2D eigenvalue weighted by Gasteiger charge is -2.36. The minimum Gasteiger partial charge on any atom is -0.497 e. The molecular weight excluding hydrogens is 430 g/mol. The van der Waals surface area contributed by atoms with Crippen LogP contribution in [0.15, 0.2) is 24.3 Å². The summed E-state index contributed by atoms with van der Waals surface area (Å²) in [5, 5.41) is 7.61. The molecule has 0 aliphatic carbocycles. The van der Waals surface area contributed by atoms with E-state index in [0.717, 1.165) is 54.7 Å². The fourth-order valence-corrected chi connectivity index (χ4v) is 6.34. The zero-order chi connectivity index (χ0) is 22.9. The summed E-state index contributed by atoms with van der Waals surface area (Å²) in [6.07, 6.45) is 0.626.